The Labute approximate surface area is 142 Å². The number of hydrogen-bond acceptors (Lipinski definition) is 3. The van der Waals surface area contributed by atoms with Gasteiger partial charge in [0.05, 0.1) is 21.7 Å². The number of halogens is 1. The third kappa shape index (κ3) is 2.81. The molecule has 5 heteroatoms. The second-order valence-electron chi connectivity index (χ2n) is 4.69. The number of imidazole rings is 1. The van der Waals surface area contributed by atoms with Crippen molar-refractivity contribution in [2.45, 2.75) is 0 Å². The third-order valence-electron chi connectivity index (χ3n) is 3.24. The highest BCUT2D eigenvalue weighted by molar-refractivity contribution is 14.1. The number of ether oxygens (including phenoxy) is 2. The quantitative estimate of drug-likeness (QED) is 0.505. The van der Waals surface area contributed by atoms with Gasteiger partial charge in [-0.2, -0.15) is 0 Å². The van der Waals surface area contributed by atoms with Gasteiger partial charge in [-0.05, 0) is 46.9 Å². The molecule has 3 aromatic rings. The summed E-state index contributed by atoms with van der Waals surface area (Å²) in [5.74, 6) is 2.22. The maximum atomic E-state index is 5.68. The lowest BCUT2D eigenvalue weighted by Gasteiger charge is -2.12. The predicted molar refractivity (Wildman–Crippen MR) is 96.5 cm³/mol. The highest BCUT2D eigenvalue weighted by Crippen LogP contribution is 2.37. The summed E-state index contributed by atoms with van der Waals surface area (Å²) < 4.78 is 12.1. The smallest absolute Gasteiger partial charge is 0.174 e. The molecule has 2 aromatic carbocycles. The minimum atomic E-state index is 0.441. The Hall–Kier alpha value is -2.02. The normalized spacial score (nSPS) is 10.6. The van der Waals surface area contributed by atoms with Gasteiger partial charge in [-0.25, -0.2) is 4.98 Å². The van der Waals surface area contributed by atoms with Crippen LogP contribution in [-0.2, 0) is 0 Å². The lowest BCUT2D eigenvalue weighted by atomic mass is 10.2. The van der Waals surface area contributed by atoms with Gasteiger partial charge in [-0.3, -0.25) is 0 Å². The second-order valence-corrected chi connectivity index (χ2v) is 5.85. The Balaban J connectivity index is 2.07. The Kier molecular flexibility index (Phi) is 4.33. The molecule has 4 nitrogen and oxygen atoms in total. The van der Waals surface area contributed by atoms with Crippen LogP contribution in [0.4, 0.5) is 0 Å². The van der Waals surface area contributed by atoms with Crippen LogP contribution in [0.2, 0.25) is 0 Å². The molecule has 0 amide bonds. The van der Waals surface area contributed by atoms with Crippen LogP contribution in [0.1, 0.15) is 0 Å². The maximum absolute atomic E-state index is 5.68. The summed E-state index contributed by atoms with van der Waals surface area (Å²) in [6, 6.07) is 11.9. The van der Waals surface area contributed by atoms with E-state index in [0.717, 1.165) is 31.7 Å². The van der Waals surface area contributed by atoms with Crippen molar-refractivity contribution in [2.75, 3.05) is 13.7 Å². The summed E-state index contributed by atoms with van der Waals surface area (Å²) in [7, 11) is 1.63. The number of nitrogens with zero attached hydrogens (tertiary/aromatic N) is 1. The molecule has 0 aliphatic rings. The van der Waals surface area contributed by atoms with Crippen molar-refractivity contribution >= 4 is 33.6 Å². The number of benzene rings is 2. The maximum Gasteiger partial charge on any atom is 0.174 e. The van der Waals surface area contributed by atoms with E-state index >= 15 is 0 Å². The molecule has 3 rings (SSSR count). The van der Waals surface area contributed by atoms with E-state index in [1.165, 1.54) is 0 Å². The van der Waals surface area contributed by atoms with Gasteiger partial charge in [0.15, 0.2) is 11.5 Å². The van der Waals surface area contributed by atoms with E-state index in [2.05, 4.69) is 39.1 Å². The minimum absolute atomic E-state index is 0.441. The number of methoxy groups -OCH3 is 1. The number of rotatable bonds is 5. The summed E-state index contributed by atoms with van der Waals surface area (Å²) in [5, 5.41) is 0. The summed E-state index contributed by atoms with van der Waals surface area (Å²) >= 11 is 2.24. The zero-order valence-electron chi connectivity index (χ0n) is 12.1. The molecule has 0 atom stereocenters. The first-order valence-corrected chi connectivity index (χ1v) is 7.87. The summed E-state index contributed by atoms with van der Waals surface area (Å²) in [6.45, 7) is 4.11. The fourth-order valence-electron chi connectivity index (χ4n) is 2.23. The van der Waals surface area contributed by atoms with Gasteiger partial charge < -0.3 is 14.5 Å². The van der Waals surface area contributed by atoms with E-state index in [4.69, 9.17) is 9.47 Å². The molecule has 0 spiro atoms. The monoisotopic (exact) mass is 406 g/mol. The molecule has 112 valence electrons. The molecule has 0 unspecified atom stereocenters. The van der Waals surface area contributed by atoms with E-state index in [1.54, 1.807) is 13.2 Å². The molecular weight excluding hydrogens is 391 g/mol. The highest BCUT2D eigenvalue weighted by atomic mass is 127. The average molecular weight is 406 g/mol. The number of H-pyrrole nitrogens is 1. The molecule has 0 fully saturated rings. The molecule has 22 heavy (non-hydrogen) atoms. The number of hydrogen-bond donors (Lipinski definition) is 1. The molecule has 0 aliphatic carbocycles. The summed E-state index contributed by atoms with van der Waals surface area (Å²) in [5.41, 5.74) is 2.92. The van der Waals surface area contributed by atoms with E-state index in [1.807, 2.05) is 36.4 Å². The highest BCUT2D eigenvalue weighted by Gasteiger charge is 2.14. The van der Waals surface area contributed by atoms with E-state index in [9.17, 15) is 0 Å². The summed E-state index contributed by atoms with van der Waals surface area (Å²) in [6.07, 6.45) is 1.71. The van der Waals surface area contributed by atoms with Crippen LogP contribution in [0.3, 0.4) is 0 Å². The predicted octanol–water partition coefficient (Wildman–Crippen LogP) is 4.41. The molecule has 0 saturated carbocycles. The van der Waals surface area contributed by atoms with Crippen LogP contribution in [0.5, 0.6) is 11.5 Å². The van der Waals surface area contributed by atoms with E-state index in [0.29, 0.717) is 12.4 Å². The Bertz CT molecular complexity index is 794. The van der Waals surface area contributed by atoms with Crippen molar-refractivity contribution in [1.29, 1.82) is 0 Å². The Morgan fingerprint density at radius 1 is 1.32 bits per heavy atom. The van der Waals surface area contributed by atoms with Crippen LogP contribution in [0.15, 0.2) is 49.1 Å². The first-order valence-electron chi connectivity index (χ1n) is 6.79. The largest absolute Gasteiger partial charge is 0.493 e. The van der Waals surface area contributed by atoms with Gasteiger partial charge in [0, 0.05) is 5.56 Å². The molecular formula is C17H15IN2O2. The van der Waals surface area contributed by atoms with Crippen LogP contribution in [-0.4, -0.2) is 23.7 Å². The second kappa shape index (κ2) is 6.39. The molecule has 1 N–H and O–H groups in total. The van der Waals surface area contributed by atoms with Crippen molar-refractivity contribution in [3.63, 3.8) is 0 Å². The van der Waals surface area contributed by atoms with Crippen LogP contribution < -0.4 is 9.47 Å². The van der Waals surface area contributed by atoms with Crippen LogP contribution in [0.25, 0.3) is 22.4 Å². The topological polar surface area (TPSA) is 47.1 Å². The third-order valence-corrected chi connectivity index (χ3v) is 4.04. The zero-order chi connectivity index (χ0) is 15.5. The van der Waals surface area contributed by atoms with Gasteiger partial charge in [-0.15, -0.1) is 0 Å². The Morgan fingerprint density at radius 3 is 2.86 bits per heavy atom. The molecule has 0 saturated heterocycles. The minimum Gasteiger partial charge on any atom is -0.493 e. The van der Waals surface area contributed by atoms with Gasteiger partial charge in [-0.1, -0.05) is 24.8 Å². The Morgan fingerprint density at radius 2 is 2.14 bits per heavy atom. The molecule has 1 heterocycles. The first-order chi connectivity index (χ1) is 10.7. The number of aromatic amines is 1. The lowest BCUT2D eigenvalue weighted by molar-refractivity contribution is 0.324. The van der Waals surface area contributed by atoms with Crippen molar-refractivity contribution in [2.24, 2.45) is 0 Å². The van der Waals surface area contributed by atoms with Crippen LogP contribution >= 0.6 is 22.6 Å². The number of para-hydroxylation sites is 2. The van der Waals surface area contributed by atoms with Crippen molar-refractivity contribution in [1.82, 2.24) is 9.97 Å². The molecule has 0 aliphatic heterocycles. The molecule has 1 aromatic heterocycles. The van der Waals surface area contributed by atoms with Gasteiger partial charge >= 0.3 is 0 Å². The van der Waals surface area contributed by atoms with Crippen LogP contribution in [0, 0.1) is 3.57 Å². The fourth-order valence-corrected chi connectivity index (χ4v) is 2.99. The standard InChI is InChI=1S/C17H15IN2O2/c1-3-8-22-16-12(18)9-11(10-15(16)21-2)17-19-13-6-4-5-7-14(13)20-17/h3-7,9-10H,1,8H2,2H3,(H,19,20). The number of aromatic nitrogens is 2. The molecule has 0 radical (unpaired) electrons. The van der Waals surface area contributed by atoms with Crippen molar-refractivity contribution in [3.05, 3.63) is 52.6 Å². The number of fused-ring (bicyclic) bond motifs is 1. The lowest BCUT2D eigenvalue weighted by Crippen LogP contribution is -1.99. The fraction of sp³-hybridized carbons (Fsp3) is 0.118. The van der Waals surface area contributed by atoms with Gasteiger partial charge in [0.25, 0.3) is 0 Å². The average Bonchev–Trinajstić information content (AvgIpc) is 2.97. The van der Waals surface area contributed by atoms with E-state index in [-0.39, 0.29) is 0 Å². The SMILES string of the molecule is C=CCOc1c(I)cc(-c2nc3ccccc3[nH]2)cc1OC. The van der Waals surface area contributed by atoms with Crippen molar-refractivity contribution < 1.29 is 9.47 Å². The first kappa shape index (κ1) is 14.9. The number of nitrogens with one attached hydrogen (secondary N) is 1. The molecule has 0 bridgehead atoms. The van der Waals surface area contributed by atoms with Gasteiger partial charge in [0.1, 0.15) is 12.4 Å². The van der Waals surface area contributed by atoms with Gasteiger partial charge in [0.2, 0.25) is 0 Å². The zero-order valence-corrected chi connectivity index (χ0v) is 14.3. The summed E-state index contributed by atoms with van der Waals surface area (Å²) in [4.78, 5) is 7.95. The van der Waals surface area contributed by atoms with E-state index < -0.39 is 0 Å². The van der Waals surface area contributed by atoms with Crippen molar-refractivity contribution in [3.8, 4) is 22.9 Å².